The first-order chi connectivity index (χ1) is 28.5. The number of hydrogen-bond donors (Lipinski definition) is 0. The van der Waals surface area contributed by atoms with Gasteiger partial charge in [0, 0.05) is 43.9 Å². The molecule has 0 bridgehead atoms. The van der Waals surface area contributed by atoms with Crippen LogP contribution in [0.5, 0.6) is 0 Å². The van der Waals surface area contributed by atoms with Crippen molar-refractivity contribution in [2.24, 2.45) is 0 Å². The Bertz CT molecular complexity index is 3430. The summed E-state index contributed by atoms with van der Waals surface area (Å²) in [5.74, 6) is 0. The summed E-state index contributed by atoms with van der Waals surface area (Å²) in [4.78, 5) is 2.40. The Kier molecular flexibility index (Phi) is 6.98. The molecule has 9 aromatic carbocycles. The number of para-hydroxylation sites is 2. The molecule has 0 spiro atoms. The molecule has 2 aromatic heterocycles. The SMILES string of the molecule is CC1(C)c2ccccc2-c2ccc(N(c3ccccc3)c3cccc4oc5c6ccccc6c(-c6ccc(-c7ccccc7)c7c6oc6ccccc67)cc5c34)cc21. The molecule has 274 valence electrons. The summed E-state index contributed by atoms with van der Waals surface area (Å²) in [7, 11) is 0. The van der Waals surface area contributed by atoms with Crippen molar-refractivity contribution in [3.05, 3.63) is 199 Å². The minimum Gasteiger partial charge on any atom is -0.455 e. The molecule has 58 heavy (non-hydrogen) atoms. The van der Waals surface area contributed by atoms with E-state index in [1.54, 1.807) is 0 Å². The van der Waals surface area contributed by atoms with Crippen molar-refractivity contribution in [2.75, 3.05) is 4.90 Å². The van der Waals surface area contributed by atoms with E-state index >= 15 is 0 Å². The van der Waals surface area contributed by atoms with Gasteiger partial charge >= 0.3 is 0 Å². The van der Waals surface area contributed by atoms with Gasteiger partial charge in [-0.2, -0.15) is 0 Å². The van der Waals surface area contributed by atoms with Crippen LogP contribution in [0.4, 0.5) is 17.1 Å². The fourth-order valence-corrected chi connectivity index (χ4v) is 9.77. The molecule has 12 rings (SSSR count). The second-order valence-corrected chi connectivity index (χ2v) is 16.0. The second kappa shape index (κ2) is 12.3. The molecule has 1 aliphatic rings. The molecule has 0 fully saturated rings. The van der Waals surface area contributed by atoms with Gasteiger partial charge in [-0.1, -0.05) is 147 Å². The Morgan fingerprint density at radius 2 is 1.02 bits per heavy atom. The van der Waals surface area contributed by atoms with Gasteiger partial charge < -0.3 is 13.7 Å². The third kappa shape index (κ3) is 4.68. The van der Waals surface area contributed by atoms with E-state index in [2.05, 4.69) is 201 Å². The topological polar surface area (TPSA) is 29.5 Å². The van der Waals surface area contributed by atoms with E-state index in [0.717, 1.165) is 94.0 Å². The zero-order valence-electron chi connectivity index (χ0n) is 32.2. The summed E-state index contributed by atoms with van der Waals surface area (Å²) in [6.07, 6.45) is 0. The second-order valence-electron chi connectivity index (χ2n) is 16.0. The van der Waals surface area contributed by atoms with Crippen LogP contribution in [0.2, 0.25) is 0 Å². The number of fused-ring (bicyclic) bond motifs is 11. The van der Waals surface area contributed by atoms with Crippen LogP contribution in [0.25, 0.3) is 88.0 Å². The lowest BCUT2D eigenvalue weighted by Crippen LogP contribution is -2.16. The zero-order chi connectivity index (χ0) is 38.5. The Morgan fingerprint density at radius 3 is 1.86 bits per heavy atom. The molecule has 0 aliphatic heterocycles. The largest absolute Gasteiger partial charge is 0.455 e. The van der Waals surface area contributed by atoms with Crippen LogP contribution in [0.3, 0.4) is 0 Å². The molecule has 3 nitrogen and oxygen atoms in total. The molecule has 0 unspecified atom stereocenters. The lowest BCUT2D eigenvalue weighted by molar-refractivity contribution is 0.660. The Labute approximate surface area is 336 Å². The molecule has 0 saturated heterocycles. The van der Waals surface area contributed by atoms with Crippen LogP contribution in [-0.2, 0) is 5.41 Å². The smallest absolute Gasteiger partial charge is 0.143 e. The van der Waals surface area contributed by atoms with Crippen molar-refractivity contribution in [1.29, 1.82) is 0 Å². The quantitative estimate of drug-likeness (QED) is 0.176. The molecule has 2 heterocycles. The van der Waals surface area contributed by atoms with Crippen molar-refractivity contribution >= 4 is 71.7 Å². The molecule has 0 radical (unpaired) electrons. The van der Waals surface area contributed by atoms with E-state index in [9.17, 15) is 0 Å². The third-order valence-corrected chi connectivity index (χ3v) is 12.5. The molecular formula is C55H37NO2. The molecule has 11 aromatic rings. The molecule has 0 saturated carbocycles. The predicted molar refractivity (Wildman–Crippen MR) is 242 cm³/mol. The number of nitrogens with zero attached hydrogens (tertiary/aromatic N) is 1. The van der Waals surface area contributed by atoms with Gasteiger partial charge in [-0.05, 0) is 98.9 Å². The van der Waals surface area contributed by atoms with E-state index in [0.29, 0.717) is 0 Å². The number of hydrogen-bond acceptors (Lipinski definition) is 3. The summed E-state index contributed by atoms with van der Waals surface area (Å²) < 4.78 is 13.8. The number of rotatable bonds is 5. The fraction of sp³-hybridized carbons (Fsp3) is 0.0545. The Hall–Kier alpha value is -7.36. The van der Waals surface area contributed by atoms with Crippen LogP contribution in [0.15, 0.2) is 197 Å². The van der Waals surface area contributed by atoms with E-state index < -0.39 is 0 Å². The third-order valence-electron chi connectivity index (χ3n) is 12.5. The average Bonchev–Trinajstić information content (AvgIpc) is 3.93. The highest BCUT2D eigenvalue weighted by atomic mass is 16.3. The van der Waals surface area contributed by atoms with Gasteiger partial charge in [0.1, 0.15) is 22.3 Å². The van der Waals surface area contributed by atoms with Gasteiger partial charge in [0.15, 0.2) is 0 Å². The lowest BCUT2D eigenvalue weighted by atomic mass is 9.82. The van der Waals surface area contributed by atoms with Crippen LogP contribution < -0.4 is 4.90 Å². The number of anilines is 3. The first-order valence-electron chi connectivity index (χ1n) is 20.0. The summed E-state index contributed by atoms with van der Waals surface area (Å²) in [6, 6.07) is 67.4. The number of furan rings is 2. The Balaban J connectivity index is 1.14. The van der Waals surface area contributed by atoms with Gasteiger partial charge in [-0.3, -0.25) is 0 Å². The molecular weight excluding hydrogens is 707 g/mol. The summed E-state index contributed by atoms with van der Waals surface area (Å²) in [5, 5.41) is 6.54. The van der Waals surface area contributed by atoms with E-state index in [4.69, 9.17) is 8.83 Å². The predicted octanol–water partition coefficient (Wildman–Crippen LogP) is 15.7. The average molecular weight is 744 g/mol. The van der Waals surface area contributed by atoms with Crippen LogP contribution in [0, 0.1) is 0 Å². The number of benzene rings is 9. The van der Waals surface area contributed by atoms with Crippen LogP contribution in [0.1, 0.15) is 25.0 Å². The fourth-order valence-electron chi connectivity index (χ4n) is 9.77. The van der Waals surface area contributed by atoms with Crippen molar-refractivity contribution in [2.45, 2.75) is 19.3 Å². The van der Waals surface area contributed by atoms with Crippen molar-refractivity contribution in [1.82, 2.24) is 0 Å². The zero-order valence-corrected chi connectivity index (χ0v) is 32.2. The Morgan fingerprint density at radius 1 is 0.379 bits per heavy atom. The highest BCUT2D eigenvalue weighted by molar-refractivity contribution is 6.25. The minimum atomic E-state index is -0.134. The monoisotopic (exact) mass is 743 g/mol. The highest BCUT2D eigenvalue weighted by Crippen LogP contribution is 2.52. The molecule has 0 amide bonds. The minimum absolute atomic E-state index is 0.134. The summed E-state index contributed by atoms with van der Waals surface area (Å²) in [5.41, 5.74) is 16.4. The molecule has 1 aliphatic carbocycles. The van der Waals surface area contributed by atoms with Crippen LogP contribution >= 0.6 is 0 Å². The molecule has 3 heteroatoms. The summed E-state index contributed by atoms with van der Waals surface area (Å²) in [6.45, 7) is 4.69. The van der Waals surface area contributed by atoms with E-state index in [1.807, 2.05) is 6.07 Å². The maximum atomic E-state index is 6.93. The maximum absolute atomic E-state index is 6.93. The standard InChI is InChI=1S/C55H37NO2/c1-55(2)46-24-13-11-21-39(46)40-29-28-36(32-47(40)55)56(35-18-7-4-8-19-35)48-25-15-27-50-52(48)45-33-44(38-20-9-10-22-41(38)53(45)58-50)42-31-30-37(34-16-5-3-6-17-34)51-43-23-12-14-26-49(43)57-54(42)51/h3-33H,1-2H3. The van der Waals surface area contributed by atoms with Gasteiger partial charge in [-0.15, -0.1) is 0 Å². The van der Waals surface area contributed by atoms with Gasteiger partial charge in [0.25, 0.3) is 0 Å². The van der Waals surface area contributed by atoms with E-state index in [1.165, 1.54) is 22.3 Å². The van der Waals surface area contributed by atoms with E-state index in [-0.39, 0.29) is 5.41 Å². The van der Waals surface area contributed by atoms with Crippen molar-refractivity contribution < 1.29 is 8.83 Å². The molecule has 0 N–H and O–H groups in total. The van der Waals surface area contributed by atoms with Crippen LogP contribution in [-0.4, -0.2) is 0 Å². The van der Waals surface area contributed by atoms with Gasteiger partial charge in [0.05, 0.1) is 11.1 Å². The van der Waals surface area contributed by atoms with Crippen molar-refractivity contribution in [3.63, 3.8) is 0 Å². The first-order valence-corrected chi connectivity index (χ1v) is 20.0. The molecule has 0 atom stereocenters. The highest BCUT2D eigenvalue weighted by Gasteiger charge is 2.36. The normalized spacial score (nSPS) is 13.1. The van der Waals surface area contributed by atoms with Crippen molar-refractivity contribution in [3.8, 4) is 33.4 Å². The van der Waals surface area contributed by atoms with Gasteiger partial charge in [-0.25, -0.2) is 0 Å². The maximum Gasteiger partial charge on any atom is 0.143 e. The van der Waals surface area contributed by atoms with Gasteiger partial charge in [0.2, 0.25) is 0 Å². The first kappa shape index (κ1) is 32.8. The lowest BCUT2D eigenvalue weighted by Gasteiger charge is -2.28. The summed E-state index contributed by atoms with van der Waals surface area (Å²) >= 11 is 0.